The molecular formula is C16H25N5O5S. The van der Waals surface area contributed by atoms with Gasteiger partial charge in [-0.25, -0.2) is 10.1 Å². The third-order valence-electron chi connectivity index (χ3n) is 5.30. The normalized spacial score (nSPS) is 32.1. The van der Waals surface area contributed by atoms with Crippen LogP contribution in [0.25, 0.3) is 0 Å². The van der Waals surface area contributed by atoms with E-state index < -0.39 is 39.9 Å². The number of nitrogens with zero attached hydrogens (tertiary/aromatic N) is 2. The van der Waals surface area contributed by atoms with E-state index in [1.54, 1.807) is 19.1 Å². The molecule has 1 aromatic carbocycles. The number of aliphatic hydroxyl groups excluding tert-OH is 1. The van der Waals surface area contributed by atoms with E-state index in [0.717, 1.165) is 10.6 Å². The van der Waals surface area contributed by atoms with Gasteiger partial charge in [-0.1, -0.05) is 24.6 Å². The van der Waals surface area contributed by atoms with Crippen molar-refractivity contribution in [3.05, 3.63) is 29.8 Å². The van der Waals surface area contributed by atoms with Crippen molar-refractivity contribution in [3.63, 3.8) is 0 Å². The highest BCUT2D eigenvalue weighted by atomic mass is 32.2. The number of nitrogens with one attached hydrogen (secondary N) is 1. The highest BCUT2D eigenvalue weighted by Crippen LogP contribution is 2.40. The van der Waals surface area contributed by atoms with Gasteiger partial charge >= 0.3 is 0 Å². The Kier molecular flexibility index (Phi) is 5.18. The van der Waals surface area contributed by atoms with Gasteiger partial charge in [0.25, 0.3) is 10.1 Å². The van der Waals surface area contributed by atoms with E-state index in [1.165, 1.54) is 12.1 Å². The number of benzene rings is 1. The van der Waals surface area contributed by atoms with E-state index in [4.69, 9.17) is 15.7 Å². The fraction of sp³-hybridized carbons (Fsp3) is 0.562. The predicted octanol–water partition coefficient (Wildman–Crippen LogP) is -1.29. The quantitative estimate of drug-likeness (QED) is 0.379. The zero-order chi connectivity index (χ0) is 20.0. The van der Waals surface area contributed by atoms with E-state index in [1.807, 2.05) is 6.92 Å². The van der Waals surface area contributed by atoms with E-state index >= 15 is 0 Å². The molecule has 0 bridgehead atoms. The lowest BCUT2D eigenvalue weighted by molar-refractivity contribution is -0.137. The van der Waals surface area contributed by atoms with Crippen LogP contribution in [0.3, 0.4) is 0 Å². The third-order valence-corrected chi connectivity index (χ3v) is 6.65. The second-order valence-corrected chi connectivity index (χ2v) is 8.56. The van der Waals surface area contributed by atoms with Crippen molar-refractivity contribution in [3.8, 4) is 0 Å². The van der Waals surface area contributed by atoms with Crippen LogP contribution in [-0.2, 0) is 14.3 Å². The van der Waals surface area contributed by atoms with Crippen LogP contribution in [0.5, 0.6) is 0 Å². The molecule has 5 atom stereocenters. The molecule has 2 aliphatic rings. The van der Waals surface area contributed by atoms with Crippen molar-refractivity contribution in [2.45, 2.75) is 42.6 Å². The SMILES string of the molecule is Cc1ccc(S(=O)(=O)OC2CNC3(C2C)C(C(N)CO)N=C(N)N3O)cc1. The summed E-state index contributed by atoms with van der Waals surface area (Å²) in [5.74, 6) is -0.722. The molecule has 1 fully saturated rings. The van der Waals surface area contributed by atoms with Crippen LogP contribution in [0.2, 0.25) is 0 Å². The summed E-state index contributed by atoms with van der Waals surface area (Å²) in [6.07, 6.45) is -0.791. The average molecular weight is 399 g/mol. The summed E-state index contributed by atoms with van der Waals surface area (Å²) < 4.78 is 30.7. The van der Waals surface area contributed by atoms with Gasteiger partial charge in [-0.3, -0.25) is 14.7 Å². The zero-order valence-electron chi connectivity index (χ0n) is 15.1. The number of hydroxylamine groups is 2. The second kappa shape index (κ2) is 7.00. The van der Waals surface area contributed by atoms with Gasteiger partial charge in [-0.05, 0) is 19.1 Å². The van der Waals surface area contributed by atoms with E-state index in [9.17, 15) is 18.7 Å². The Morgan fingerprint density at radius 2 is 2.07 bits per heavy atom. The number of hydrogen-bond acceptors (Lipinski definition) is 10. The molecule has 0 aliphatic carbocycles. The molecule has 0 radical (unpaired) electrons. The van der Waals surface area contributed by atoms with Crippen LogP contribution in [-0.4, -0.2) is 66.8 Å². The average Bonchev–Trinajstić information content (AvgIpc) is 3.08. The number of aliphatic imine (C=N–C) groups is 1. The van der Waals surface area contributed by atoms with Crippen LogP contribution >= 0.6 is 0 Å². The lowest BCUT2D eigenvalue weighted by Crippen LogP contribution is -2.66. The van der Waals surface area contributed by atoms with Crippen molar-refractivity contribution >= 4 is 16.1 Å². The minimum atomic E-state index is -4.00. The highest BCUT2D eigenvalue weighted by molar-refractivity contribution is 7.86. The van der Waals surface area contributed by atoms with E-state index in [-0.39, 0.29) is 24.0 Å². The first-order chi connectivity index (χ1) is 12.6. The molecule has 0 aromatic heterocycles. The first kappa shape index (κ1) is 20.0. The summed E-state index contributed by atoms with van der Waals surface area (Å²) in [4.78, 5) is 4.19. The third kappa shape index (κ3) is 3.20. The van der Waals surface area contributed by atoms with Gasteiger partial charge in [0.05, 0.1) is 23.6 Å². The molecule has 2 aliphatic heterocycles. The van der Waals surface area contributed by atoms with Crippen molar-refractivity contribution in [2.75, 3.05) is 13.2 Å². The molecule has 1 saturated heterocycles. The Hall–Kier alpha value is -1.76. The number of aliphatic hydroxyl groups is 1. The maximum absolute atomic E-state index is 12.6. The van der Waals surface area contributed by atoms with Crippen LogP contribution in [0.15, 0.2) is 34.2 Å². The minimum absolute atomic E-state index is 0.0490. The summed E-state index contributed by atoms with van der Waals surface area (Å²) >= 11 is 0. The van der Waals surface area contributed by atoms with Gasteiger partial charge in [-0.2, -0.15) is 8.42 Å². The van der Waals surface area contributed by atoms with Crippen LogP contribution in [0.1, 0.15) is 12.5 Å². The minimum Gasteiger partial charge on any atom is -0.395 e. The Balaban J connectivity index is 1.86. The van der Waals surface area contributed by atoms with Gasteiger partial charge in [0.15, 0.2) is 0 Å². The van der Waals surface area contributed by atoms with Gasteiger partial charge < -0.3 is 16.6 Å². The number of guanidine groups is 1. The molecule has 0 saturated carbocycles. The molecule has 5 unspecified atom stereocenters. The molecule has 11 heteroatoms. The monoisotopic (exact) mass is 399 g/mol. The van der Waals surface area contributed by atoms with Gasteiger partial charge in [0.2, 0.25) is 5.96 Å². The Bertz CT molecular complexity index is 830. The molecular weight excluding hydrogens is 374 g/mol. The summed E-state index contributed by atoms with van der Waals surface area (Å²) in [7, 11) is -4.00. The Morgan fingerprint density at radius 1 is 1.44 bits per heavy atom. The van der Waals surface area contributed by atoms with Crippen LogP contribution in [0.4, 0.5) is 0 Å². The standard InChI is InChI=1S/C16H25N5O5S/c1-9-3-5-11(6-4-9)27(24,25)26-13-7-19-16(10(13)2)14(12(17)8-22)20-15(18)21(16)23/h3-6,10,12-14,19,22-23H,7-8,17H2,1-2H3,(H2,18,20). The molecule has 3 rings (SSSR count). The van der Waals surface area contributed by atoms with Crippen molar-refractivity contribution in [1.29, 1.82) is 0 Å². The smallest absolute Gasteiger partial charge is 0.297 e. The lowest BCUT2D eigenvalue weighted by Gasteiger charge is -2.41. The van der Waals surface area contributed by atoms with Gasteiger partial charge in [-0.15, -0.1) is 0 Å². The number of hydrogen-bond donors (Lipinski definition) is 5. The predicted molar refractivity (Wildman–Crippen MR) is 97.2 cm³/mol. The molecule has 0 amide bonds. The molecule has 10 nitrogen and oxygen atoms in total. The number of aryl methyl sites for hydroxylation is 1. The van der Waals surface area contributed by atoms with Gasteiger partial charge in [0, 0.05) is 12.5 Å². The highest BCUT2D eigenvalue weighted by Gasteiger charge is 2.61. The lowest BCUT2D eigenvalue weighted by atomic mass is 9.85. The first-order valence-corrected chi connectivity index (χ1v) is 9.98. The molecule has 1 aromatic rings. The maximum atomic E-state index is 12.6. The number of rotatable bonds is 5. The molecule has 27 heavy (non-hydrogen) atoms. The molecule has 1 spiro atoms. The summed E-state index contributed by atoms with van der Waals surface area (Å²) in [6, 6.07) is 4.75. The Morgan fingerprint density at radius 3 is 2.67 bits per heavy atom. The molecule has 2 heterocycles. The van der Waals surface area contributed by atoms with Crippen molar-refractivity contribution in [2.24, 2.45) is 22.4 Å². The molecule has 150 valence electrons. The summed E-state index contributed by atoms with van der Waals surface area (Å²) in [5.41, 5.74) is 11.4. The van der Waals surface area contributed by atoms with E-state index in [2.05, 4.69) is 10.3 Å². The summed E-state index contributed by atoms with van der Waals surface area (Å²) in [6.45, 7) is 3.32. The number of nitrogens with two attached hydrogens (primary N) is 2. The zero-order valence-corrected chi connectivity index (χ0v) is 15.9. The summed E-state index contributed by atoms with van der Waals surface area (Å²) in [5, 5.41) is 23.7. The first-order valence-electron chi connectivity index (χ1n) is 8.57. The van der Waals surface area contributed by atoms with E-state index in [0.29, 0.717) is 0 Å². The fourth-order valence-corrected chi connectivity index (χ4v) is 4.84. The van der Waals surface area contributed by atoms with Crippen LogP contribution < -0.4 is 16.8 Å². The molecule has 7 N–H and O–H groups in total. The second-order valence-electron chi connectivity index (χ2n) is 6.99. The van der Waals surface area contributed by atoms with Crippen LogP contribution in [0, 0.1) is 12.8 Å². The van der Waals surface area contributed by atoms with Gasteiger partial charge in [0.1, 0.15) is 11.7 Å². The Labute approximate surface area is 157 Å². The largest absolute Gasteiger partial charge is 0.395 e. The maximum Gasteiger partial charge on any atom is 0.297 e. The van der Waals surface area contributed by atoms with Crippen molar-refractivity contribution in [1.82, 2.24) is 10.4 Å². The topological polar surface area (TPSA) is 164 Å². The fourth-order valence-electron chi connectivity index (χ4n) is 3.70. The van der Waals surface area contributed by atoms with Crippen molar-refractivity contribution < 1.29 is 22.9 Å².